The zero-order valence-electron chi connectivity index (χ0n) is 12.4. The highest BCUT2D eigenvalue weighted by Crippen LogP contribution is 2.23. The predicted octanol–water partition coefficient (Wildman–Crippen LogP) is 5.64. The molecule has 0 radical (unpaired) electrons. The number of hydrogen-bond donors (Lipinski definition) is 0. The SMILES string of the molecule is O=C(CSc1ccc(-c2cccc(Br)c2)nn1)c1ccc(Br)cc1. The minimum Gasteiger partial charge on any atom is -0.293 e. The third kappa shape index (κ3) is 4.53. The zero-order valence-corrected chi connectivity index (χ0v) is 16.4. The van der Waals surface area contributed by atoms with Gasteiger partial charge in [0, 0.05) is 20.1 Å². The summed E-state index contributed by atoms with van der Waals surface area (Å²) in [6.07, 6.45) is 0. The van der Waals surface area contributed by atoms with Gasteiger partial charge in [-0.2, -0.15) is 0 Å². The summed E-state index contributed by atoms with van der Waals surface area (Å²) in [7, 11) is 0. The van der Waals surface area contributed by atoms with Crippen molar-refractivity contribution in [3.05, 3.63) is 75.2 Å². The molecule has 0 amide bonds. The predicted molar refractivity (Wildman–Crippen MR) is 104 cm³/mol. The van der Waals surface area contributed by atoms with Crippen molar-refractivity contribution < 1.29 is 4.79 Å². The maximum absolute atomic E-state index is 12.2. The monoisotopic (exact) mass is 462 g/mol. The molecule has 2 aromatic carbocycles. The van der Waals surface area contributed by atoms with Crippen molar-refractivity contribution in [3.8, 4) is 11.3 Å². The summed E-state index contributed by atoms with van der Waals surface area (Å²) >= 11 is 8.20. The van der Waals surface area contributed by atoms with E-state index >= 15 is 0 Å². The van der Waals surface area contributed by atoms with Crippen molar-refractivity contribution in [2.24, 2.45) is 0 Å². The molecule has 3 rings (SSSR count). The minimum atomic E-state index is 0.0744. The van der Waals surface area contributed by atoms with Crippen LogP contribution in [0.3, 0.4) is 0 Å². The number of thioether (sulfide) groups is 1. The van der Waals surface area contributed by atoms with Crippen molar-refractivity contribution in [3.63, 3.8) is 0 Å². The topological polar surface area (TPSA) is 42.9 Å². The molecule has 0 atom stereocenters. The van der Waals surface area contributed by atoms with Crippen LogP contribution in [0, 0.1) is 0 Å². The van der Waals surface area contributed by atoms with E-state index in [4.69, 9.17) is 0 Å². The number of nitrogens with zero attached hydrogens (tertiary/aromatic N) is 2. The average Bonchev–Trinajstić information content (AvgIpc) is 2.61. The fraction of sp³-hybridized carbons (Fsp3) is 0.0556. The number of rotatable bonds is 5. The fourth-order valence-corrected chi connectivity index (χ4v) is 3.43. The first-order valence-electron chi connectivity index (χ1n) is 7.13. The maximum Gasteiger partial charge on any atom is 0.173 e. The molecule has 0 spiro atoms. The van der Waals surface area contributed by atoms with Crippen LogP contribution in [0.15, 0.2) is 74.6 Å². The molecule has 0 aliphatic heterocycles. The van der Waals surface area contributed by atoms with E-state index in [1.165, 1.54) is 11.8 Å². The number of carbonyl (C=O) groups excluding carboxylic acids is 1. The normalized spacial score (nSPS) is 10.6. The van der Waals surface area contributed by atoms with Gasteiger partial charge in [-0.1, -0.05) is 67.9 Å². The molecule has 24 heavy (non-hydrogen) atoms. The number of aromatic nitrogens is 2. The molecule has 3 nitrogen and oxygen atoms in total. The molecule has 120 valence electrons. The van der Waals surface area contributed by atoms with Gasteiger partial charge in [-0.15, -0.1) is 10.2 Å². The van der Waals surface area contributed by atoms with Gasteiger partial charge in [0.25, 0.3) is 0 Å². The second-order valence-corrected chi connectivity index (χ2v) is 7.81. The number of hydrogen-bond acceptors (Lipinski definition) is 4. The highest BCUT2D eigenvalue weighted by molar-refractivity contribution is 9.10. The first kappa shape index (κ1) is 17.3. The summed E-state index contributed by atoms with van der Waals surface area (Å²) in [5.74, 6) is 0.414. The molecule has 0 N–H and O–H groups in total. The molecule has 1 aromatic heterocycles. The summed E-state index contributed by atoms with van der Waals surface area (Å²) in [6.45, 7) is 0. The lowest BCUT2D eigenvalue weighted by Gasteiger charge is -2.03. The molecule has 1 heterocycles. The minimum absolute atomic E-state index is 0.0744. The molecular formula is C18H12Br2N2OS. The molecular weight excluding hydrogens is 452 g/mol. The summed E-state index contributed by atoms with van der Waals surface area (Å²) in [4.78, 5) is 12.2. The maximum atomic E-state index is 12.2. The van der Waals surface area contributed by atoms with E-state index in [0.717, 1.165) is 25.2 Å². The second-order valence-electron chi connectivity index (χ2n) is 4.99. The van der Waals surface area contributed by atoms with Crippen molar-refractivity contribution in [1.29, 1.82) is 0 Å². The van der Waals surface area contributed by atoms with Gasteiger partial charge in [0.2, 0.25) is 0 Å². The smallest absolute Gasteiger partial charge is 0.173 e. The third-order valence-corrected chi connectivity index (χ3v) is 5.22. The van der Waals surface area contributed by atoms with E-state index in [-0.39, 0.29) is 5.78 Å². The van der Waals surface area contributed by atoms with Crippen molar-refractivity contribution in [1.82, 2.24) is 10.2 Å². The lowest BCUT2D eigenvalue weighted by molar-refractivity contribution is 0.102. The van der Waals surface area contributed by atoms with E-state index in [9.17, 15) is 4.79 Å². The summed E-state index contributed by atoms with van der Waals surface area (Å²) in [5, 5.41) is 9.18. The number of ketones is 1. The van der Waals surface area contributed by atoms with Crippen LogP contribution in [-0.2, 0) is 0 Å². The molecule has 0 unspecified atom stereocenters. The highest BCUT2D eigenvalue weighted by Gasteiger charge is 2.08. The number of carbonyl (C=O) groups is 1. The van der Waals surface area contributed by atoms with Gasteiger partial charge in [-0.05, 0) is 36.4 Å². The second kappa shape index (κ2) is 8.05. The van der Waals surface area contributed by atoms with Crippen LogP contribution >= 0.6 is 43.6 Å². The lowest BCUT2D eigenvalue weighted by Crippen LogP contribution is -2.02. The van der Waals surface area contributed by atoms with Crippen LogP contribution in [-0.4, -0.2) is 21.7 Å². The van der Waals surface area contributed by atoms with Gasteiger partial charge in [0.15, 0.2) is 5.78 Å². The van der Waals surface area contributed by atoms with Crippen molar-refractivity contribution >= 4 is 49.4 Å². The molecule has 0 saturated carbocycles. The molecule has 6 heteroatoms. The van der Waals surface area contributed by atoms with Gasteiger partial charge in [0.1, 0.15) is 5.03 Å². The lowest BCUT2D eigenvalue weighted by atomic mass is 10.1. The Morgan fingerprint density at radius 2 is 1.71 bits per heavy atom. The van der Waals surface area contributed by atoms with Gasteiger partial charge in [-0.3, -0.25) is 4.79 Å². The van der Waals surface area contributed by atoms with Gasteiger partial charge in [-0.25, -0.2) is 0 Å². The Bertz CT molecular complexity index is 852. The molecule has 0 bridgehead atoms. The zero-order chi connectivity index (χ0) is 16.9. The van der Waals surface area contributed by atoms with Crippen LogP contribution in [0.2, 0.25) is 0 Å². The number of benzene rings is 2. The van der Waals surface area contributed by atoms with E-state index < -0.39 is 0 Å². The van der Waals surface area contributed by atoms with Crippen LogP contribution in [0.1, 0.15) is 10.4 Å². The Morgan fingerprint density at radius 1 is 0.917 bits per heavy atom. The first-order valence-corrected chi connectivity index (χ1v) is 9.70. The van der Waals surface area contributed by atoms with E-state index in [2.05, 4.69) is 42.1 Å². The Morgan fingerprint density at radius 3 is 2.38 bits per heavy atom. The Kier molecular flexibility index (Phi) is 5.81. The molecule has 0 fully saturated rings. The molecule has 0 aliphatic rings. The summed E-state index contributed by atoms with van der Waals surface area (Å²) < 4.78 is 1.96. The summed E-state index contributed by atoms with van der Waals surface area (Å²) in [6, 6.07) is 19.1. The number of halogens is 2. The highest BCUT2D eigenvalue weighted by atomic mass is 79.9. The summed E-state index contributed by atoms with van der Waals surface area (Å²) in [5.41, 5.74) is 2.50. The fourth-order valence-electron chi connectivity index (χ4n) is 2.06. The molecule has 0 saturated heterocycles. The van der Waals surface area contributed by atoms with Crippen LogP contribution < -0.4 is 0 Å². The van der Waals surface area contributed by atoms with E-state index in [0.29, 0.717) is 11.3 Å². The van der Waals surface area contributed by atoms with Gasteiger partial charge in [0.05, 0.1) is 11.4 Å². The Labute approximate surface area is 161 Å². The average molecular weight is 464 g/mol. The standard InChI is InChI=1S/C18H12Br2N2OS/c19-14-6-4-12(5-7-14)17(23)11-24-18-9-8-16(21-22-18)13-2-1-3-15(20)10-13/h1-10H,11H2. The van der Waals surface area contributed by atoms with E-state index in [1.54, 1.807) is 0 Å². The largest absolute Gasteiger partial charge is 0.293 e. The number of Topliss-reactive ketones (excluding diaryl/α,β-unsaturated/α-hetero) is 1. The quantitative estimate of drug-likeness (QED) is 0.362. The van der Waals surface area contributed by atoms with Crippen molar-refractivity contribution in [2.45, 2.75) is 5.03 Å². The Balaban J connectivity index is 1.64. The van der Waals surface area contributed by atoms with Crippen LogP contribution in [0.4, 0.5) is 0 Å². The third-order valence-electron chi connectivity index (χ3n) is 3.28. The van der Waals surface area contributed by atoms with E-state index in [1.807, 2.05) is 60.7 Å². The van der Waals surface area contributed by atoms with Gasteiger partial charge >= 0.3 is 0 Å². The molecule has 0 aliphatic carbocycles. The van der Waals surface area contributed by atoms with Crippen molar-refractivity contribution in [2.75, 3.05) is 5.75 Å². The van der Waals surface area contributed by atoms with Crippen LogP contribution in [0.5, 0.6) is 0 Å². The Hall–Kier alpha value is -1.50. The molecule has 3 aromatic rings. The first-order chi connectivity index (χ1) is 11.6. The van der Waals surface area contributed by atoms with Gasteiger partial charge < -0.3 is 0 Å². The van der Waals surface area contributed by atoms with Crippen LogP contribution in [0.25, 0.3) is 11.3 Å².